The van der Waals surface area contributed by atoms with Gasteiger partial charge < -0.3 is 10.5 Å². The van der Waals surface area contributed by atoms with Gasteiger partial charge >= 0.3 is 0 Å². The maximum atomic E-state index is 6.42. The molecule has 1 aromatic rings. The highest BCUT2D eigenvalue weighted by molar-refractivity contribution is 9.10. The van der Waals surface area contributed by atoms with Crippen molar-refractivity contribution >= 4 is 15.9 Å². The van der Waals surface area contributed by atoms with Gasteiger partial charge in [0, 0.05) is 22.5 Å². The molecule has 0 radical (unpaired) electrons. The molecule has 1 aliphatic carbocycles. The lowest BCUT2D eigenvalue weighted by molar-refractivity contribution is 0.0112. The molecule has 2 nitrogen and oxygen atoms in total. The van der Waals surface area contributed by atoms with E-state index < -0.39 is 0 Å². The SMILES string of the molecule is NC1CC2(CCCCCCC2)Oc2ccc(Br)cc21. The number of halogens is 1. The molecule has 3 rings (SSSR count). The van der Waals surface area contributed by atoms with Crippen LogP contribution in [0, 0.1) is 0 Å². The summed E-state index contributed by atoms with van der Waals surface area (Å²) in [6.45, 7) is 0. The summed E-state index contributed by atoms with van der Waals surface area (Å²) in [6, 6.07) is 6.34. The van der Waals surface area contributed by atoms with Gasteiger partial charge in [-0.2, -0.15) is 0 Å². The van der Waals surface area contributed by atoms with Gasteiger partial charge in [0.25, 0.3) is 0 Å². The van der Waals surface area contributed by atoms with Crippen LogP contribution in [0.25, 0.3) is 0 Å². The van der Waals surface area contributed by atoms with E-state index in [2.05, 4.69) is 28.1 Å². The lowest BCUT2D eigenvalue weighted by atomic mass is 9.79. The largest absolute Gasteiger partial charge is 0.487 e. The molecule has 1 aromatic carbocycles. The van der Waals surface area contributed by atoms with Crippen LogP contribution in [0.15, 0.2) is 22.7 Å². The van der Waals surface area contributed by atoms with E-state index in [-0.39, 0.29) is 11.6 Å². The molecular weight excluding hydrogens is 302 g/mol. The Morgan fingerprint density at radius 2 is 1.79 bits per heavy atom. The van der Waals surface area contributed by atoms with Gasteiger partial charge in [0.05, 0.1) is 0 Å². The third-order valence-corrected chi connectivity index (χ3v) is 5.05. The molecule has 0 bridgehead atoms. The highest BCUT2D eigenvalue weighted by atomic mass is 79.9. The second kappa shape index (κ2) is 5.45. The second-order valence-electron chi connectivity index (χ2n) is 6.05. The molecule has 0 amide bonds. The van der Waals surface area contributed by atoms with Crippen LogP contribution >= 0.6 is 15.9 Å². The Labute approximate surface area is 123 Å². The number of fused-ring (bicyclic) bond motifs is 1. The minimum absolute atomic E-state index is 0.000661. The Morgan fingerprint density at radius 3 is 2.53 bits per heavy atom. The average molecular weight is 324 g/mol. The summed E-state index contributed by atoms with van der Waals surface area (Å²) < 4.78 is 7.50. The summed E-state index contributed by atoms with van der Waals surface area (Å²) in [4.78, 5) is 0. The summed E-state index contributed by atoms with van der Waals surface area (Å²) in [6.07, 6.45) is 9.91. The Bertz CT molecular complexity index is 452. The molecule has 0 aromatic heterocycles. The van der Waals surface area contributed by atoms with Gasteiger partial charge in [0.15, 0.2) is 0 Å². The van der Waals surface area contributed by atoms with Crippen molar-refractivity contribution in [3.05, 3.63) is 28.2 Å². The van der Waals surface area contributed by atoms with Gasteiger partial charge in [-0.1, -0.05) is 35.2 Å². The van der Waals surface area contributed by atoms with Crippen LogP contribution in [0.2, 0.25) is 0 Å². The smallest absolute Gasteiger partial charge is 0.124 e. The molecule has 1 heterocycles. The van der Waals surface area contributed by atoms with Crippen LogP contribution < -0.4 is 10.5 Å². The van der Waals surface area contributed by atoms with Crippen LogP contribution in [-0.4, -0.2) is 5.60 Å². The predicted molar refractivity (Wildman–Crippen MR) is 81.4 cm³/mol. The fraction of sp³-hybridized carbons (Fsp3) is 0.625. The normalized spacial score (nSPS) is 26.1. The first kappa shape index (κ1) is 13.4. The van der Waals surface area contributed by atoms with E-state index in [1.54, 1.807) is 0 Å². The molecular formula is C16H22BrNO. The van der Waals surface area contributed by atoms with E-state index in [0.717, 1.165) is 35.0 Å². The molecule has 2 aliphatic rings. The fourth-order valence-corrected chi connectivity index (χ4v) is 3.92. The quantitative estimate of drug-likeness (QED) is 0.750. The molecule has 1 fully saturated rings. The maximum Gasteiger partial charge on any atom is 0.124 e. The molecule has 1 aliphatic heterocycles. The van der Waals surface area contributed by atoms with Crippen molar-refractivity contribution in [2.45, 2.75) is 63.0 Å². The topological polar surface area (TPSA) is 35.2 Å². The molecule has 1 unspecified atom stereocenters. The number of rotatable bonds is 0. The second-order valence-corrected chi connectivity index (χ2v) is 6.96. The van der Waals surface area contributed by atoms with E-state index in [9.17, 15) is 0 Å². The Hall–Kier alpha value is -0.540. The minimum Gasteiger partial charge on any atom is -0.487 e. The van der Waals surface area contributed by atoms with Crippen molar-refractivity contribution in [3.63, 3.8) is 0 Å². The fourth-order valence-electron chi connectivity index (χ4n) is 3.54. The molecule has 0 saturated heterocycles. The Balaban J connectivity index is 1.88. The third-order valence-electron chi connectivity index (χ3n) is 4.55. The Morgan fingerprint density at radius 1 is 1.11 bits per heavy atom. The minimum atomic E-state index is 0.000661. The first-order chi connectivity index (χ1) is 9.19. The summed E-state index contributed by atoms with van der Waals surface area (Å²) in [5, 5.41) is 0. The number of nitrogens with two attached hydrogens (primary N) is 1. The standard InChI is InChI=1S/C16H22BrNO/c17-12-6-7-15-13(10-12)14(18)11-16(19-15)8-4-2-1-3-5-9-16/h6-7,10,14H,1-5,8-9,11,18H2. The molecule has 19 heavy (non-hydrogen) atoms. The van der Waals surface area contributed by atoms with Crippen LogP contribution in [0.4, 0.5) is 0 Å². The van der Waals surface area contributed by atoms with E-state index in [1.807, 2.05) is 6.07 Å². The van der Waals surface area contributed by atoms with Crippen LogP contribution in [0.1, 0.15) is 63.0 Å². The first-order valence-electron chi connectivity index (χ1n) is 7.43. The van der Waals surface area contributed by atoms with Crippen molar-refractivity contribution in [3.8, 4) is 5.75 Å². The molecule has 1 saturated carbocycles. The van der Waals surface area contributed by atoms with Crippen LogP contribution in [0.5, 0.6) is 5.75 Å². The number of benzene rings is 1. The van der Waals surface area contributed by atoms with Gasteiger partial charge in [-0.05, 0) is 43.9 Å². The van der Waals surface area contributed by atoms with Gasteiger partial charge in [-0.3, -0.25) is 0 Å². The van der Waals surface area contributed by atoms with Gasteiger partial charge in [-0.15, -0.1) is 0 Å². The van der Waals surface area contributed by atoms with E-state index in [0.29, 0.717) is 0 Å². The zero-order valence-corrected chi connectivity index (χ0v) is 12.9. The van der Waals surface area contributed by atoms with E-state index in [4.69, 9.17) is 10.5 Å². The van der Waals surface area contributed by atoms with Crippen molar-refractivity contribution in [1.29, 1.82) is 0 Å². The van der Waals surface area contributed by atoms with Crippen LogP contribution in [0.3, 0.4) is 0 Å². The van der Waals surface area contributed by atoms with Crippen LogP contribution in [-0.2, 0) is 0 Å². The van der Waals surface area contributed by atoms with E-state index in [1.165, 1.54) is 32.1 Å². The molecule has 1 spiro atoms. The van der Waals surface area contributed by atoms with Gasteiger partial charge in [-0.25, -0.2) is 0 Å². The molecule has 104 valence electrons. The van der Waals surface area contributed by atoms with Crippen molar-refractivity contribution in [1.82, 2.24) is 0 Å². The summed E-state index contributed by atoms with van der Waals surface area (Å²) in [7, 11) is 0. The monoisotopic (exact) mass is 323 g/mol. The zero-order valence-electron chi connectivity index (χ0n) is 11.3. The summed E-state index contributed by atoms with van der Waals surface area (Å²) in [5.41, 5.74) is 7.57. The number of hydrogen-bond acceptors (Lipinski definition) is 2. The van der Waals surface area contributed by atoms with Gasteiger partial charge in [0.2, 0.25) is 0 Å². The lowest BCUT2D eigenvalue weighted by Crippen LogP contribution is -2.43. The summed E-state index contributed by atoms with van der Waals surface area (Å²) in [5.74, 6) is 1.00. The average Bonchev–Trinajstić information content (AvgIpc) is 2.36. The van der Waals surface area contributed by atoms with E-state index >= 15 is 0 Å². The van der Waals surface area contributed by atoms with Crippen molar-refractivity contribution < 1.29 is 4.74 Å². The summed E-state index contributed by atoms with van der Waals surface area (Å²) >= 11 is 3.52. The zero-order chi connectivity index (χ0) is 13.3. The van der Waals surface area contributed by atoms with Crippen molar-refractivity contribution in [2.75, 3.05) is 0 Å². The molecule has 3 heteroatoms. The molecule has 2 N–H and O–H groups in total. The lowest BCUT2D eigenvalue weighted by Gasteiger charge is -2.42. The maximum absolute atomic E-state index is 6.42. The van der Waals surface area contributed by atoms with Crippen molar-refractivity contribution in [2.24, 2.45) is 5.73 Å². The number of ether oxygens (including phenoxy) is 1. The third kappa shape index (κ3) is 2.82. The van der Waals surface area contributed by atoms with Gasteiger partial charge in [0.1, 0.15) is 11.4 Å². The number of hydrogen-bond donors (Lipinski definition) is 1. The first-order valence-corrected chi connectivity index (χ1v) is 8.22. The Kier molecular flexibility index (Phi) is 3.86. The highest BCUT2D eigenvalue weighted by Gasteiger charge is 2.39. The highest BCUT2D eigenvalue weighted by Crippen LogP contribution is 2.44. The predicted octanol–water partition coefficient (Wildman–Crippen LogP) is 4.71. The molecule has 1 atom stereocenters.